The first-order valence-electron chi connectivity index (χ1n) is 6.79. The quantitative estimate of drug-likeness (QED) is 0.927. The van der Waals surface area contributed by atoms with E-state index in [9.17, 15) is 4.79 Å². The summed E-state index contributed by atoms with van der Waals surface area (Å²) in [7, 11) is 2.15. The van der Waals surface area contributed by atoms with E-state index < -0.39 is 0 Å². The topological polar surface area (TPSA) is 32.3 Å². The molecule has 0 unspecified atom stereocenters. The summed E-state index contributed by atoms with van der Waals surface area (Å²) < 4.78 is 0.869. The molecule has 104 valence electrons. The van der Waals surface area contributed by atoms with Crippen LogP contribution in [0.5, 0.6) is 0 Å². The van der Waals surface area contributed by atoms with Gasteiger partial charge in [0, 0.05) is 11.0 Å². The van der Waals surface area contributed by atoms with Crippen LogP contribution < -0.4 is 5.32 Å². The third-order valence-electron chi connectivity index (χ3n) is 3.76. The second-order valence-electron chi connectivity index (χ2n) is 5.44. The molecule has 1 heterocycles. The minimum Gasteiger partial charge on any atom is -0.352 e. The maximum atomic E-state index is 12.1. The van der Waals surface area contributed by atoms with Gasteiger partial charge in [-0.25, -0.2) is 0 Å². The summed E-state index contributed by atoms with van der Waals surface area (Å²) in [6, 6.07) is 5.82. The molecule has 3 nitrogen and oxygen atoms in total. The third kappa shape index (κ3) is 4.05. The van der Waals surface area contributed by atoms with Gasteiger partial charge >= 0.3 is 0 Å². The highest BCUT2D eigenvalue weighted by Crippen LogP contribution is 2.19. The maximum absolute atomic E-state index is 12.1. The lowest BCUT2D eigenvalue weighted by molar-refractivity contribution is 0.0938. The molecule has 0 radical (unpaired) electrons. The Morgan fingerprint density at radius 1 is 1.42 bits per heavy atom. The number of piperidine rings is 1. The van der Waals surface area contributed by atoms with Crippen molar-refractivity contribution in [3.8, 4) is 0 Å². The number of rotatable bonds is 3. The van der Waals surface area contributed by atoms with E-state index in [0.717, 1.165) is 35.2 Å². The molecule has 0 atom stereocenters. The van der Waals surface area contributed by atoms with Crippen molar-refractivity contribution < 1.29 is 4.79 Å². The molecule has 1 aromatic rings. The van der Waals surface area contributed by atoms with Crippen LogP contribution in [0, 0.1) is 12.8 Å². The van der Waals surface area contributed by atoms with Crippen molar-refractivity contribution in [3.63, 3.8) is 0 Å². The number of carbonyl (C=O) groups excluding carboxylic acids is 1. The zero-order chi connectivity index (χ0) is 13.8. The van der Waals surface area contributed by atoms with Gasteiger partial charge in [-0.1, -0.05) is 6.07 Å². The minimum absolute atomic E-state index is 0.0193. The summed E-state index contributed by atoms with van der Waals surface area (Å²) in [5.41, 5.74) is 1.87. The monoisotopic (exact) mass is 324 g/mol. The summed E-state index contributed by atoms with van der Waals surface area (Å²) in [4.78, 5) is 14.5. The number of likely N-dealkylation sites (tertiary alicyclic amines) is 1. The number of hydrogen-bond acceptors (Lipinski definition) is 2. The average molecular weight is 325 g/mol. The number of nitrogens with one attached hydrogen (secondary N) is 1. The molecule has 1 fully saturated rings. The lowest BCUT2D eigenvalue weighted by Crippen LogP contribution is -2.36. The minimum atomic E-state index is 0.0193. The summed E-state index contributed by atoms with van der Waals surface area (Å²) >= 11 is 3.45. The summed E-state index contributed by atoms with van der Waals surface area (Å²) in [6.07, 6.45) is 2.34. The van der Waals surface area contributed by atoms with Crippen LogP contribution in [-0.2, 0) is 0 Å². The highest BCUT2D eigenvalue weighted by molar-refractivity contribution is 9.10. The van der Waals surface area contributed by atoms with Gasteiger partial charge in [0.05, 0.1) is 5.56 Å². The summed E-state index contributed by atoms with van der Waals surface area (Å²) in [5.74, 6) is 0.634. The predicted octanol–water partition coefficient (Wildman–Crippen LogP) is 2.83. The van der Waals surface area contributed by atoms with Crippen LogP contribution in [-0.4, -0.2) is 37.5 Å². The Labute approximate surface area is 123 Å². The molecule has 1 aliphatic rings. The van der Waals surface area contributed by atoms with E-state index in [-0.39, 0.29) is 5.91 Å². The van der Waals surface area contributed by atoms with Gasteiger partial charge in [0.15, 0.2) is 0 Å². The standard InChI is InChI=1S/C15H21BrN2O/c1-11-3-4-13(14(16)9-11)15(19)17-10-12-5-7-18(2)8-6-12/h3-4,9,12H,5-8,10H2,1-2H3,(H,17,19). The number of amides is 1. The second kappa shape index (κ2) is 6.53. The first-order chi connectivity index (χ1) is 9.06. The lowest BCUT2D eigenvalue weighted by Gasteiger charge is -2.28. The zero-order valence-electron chi connectivity index (χ0n) is 11.6. The van der Waals surface area contributed by atoms with Crippen LogP contribution in [0.15, 0.2) is 22.7 Å². The van der Waals surface area contributed by atoms with Gasteiger partial charge in [0.2, 0.25) is 0 Å². The van der Waals surface area contributed by atoms with Crippen molar-refractivity contribution in [1.29, 1.82) is 0 Å². The number of carbonyl (C=O) groups is 1. The van der Waals surface area contributed by atoms with E-state index in [1.165, 1.54) is 12.8 Å². The van der Waals surface area contributed by atoms with Crippen LogP contribution in [0.3, 0.4) is 0 Å². The molecule has 0 bridgehead atoms. The normalized spacial score (nSPS) is 17.4. The van der Waals surface area contributed by atoms with Gasteiger partial charge in [-0.15, -0.1) is 0 Å². The molecule has 0 spiro atoms. The first-order valence-corrected chi connectivity index (χ1v) is 7.58. The molecule has 1 saturated heterocycles. The number of halogens is 1. The van der Waals surface area contributed by atoms with E-state index in [4.69, 9.17) is 0 Å². The Hall–Kier alpha value is -0.870. The fourth-order valence-electron chi connectivity index (χ4n) is 2.40. The predicted molar refractivity (Wildman–Crippen MR) is 81.4 cm³/mol. The van der Waals surface area contributed by atoms with Gasteiger partial charge in [0.25, 0.3) is 5.91 Å². The zero-order valence-corrected chi connectivity index (χ0v) is 13.2. The Balaban J connectivity index is 1.87. The van der Waals surface area contributed by atoms with Crippen molar-refractivity contribution >= 4 is 21.8 Å². The summed E-state index contributed by atoms with van der Waals surface area (Å²) in [5, 5.41) is 3.06. The third-order valence-corrected chi connectivity index (χ3v) is 4.41. The van der Waals surface area contributed by atoms with E-state index in [1.54, 1.807) is 0 Å². The van der Waals surface area contributed by atoms with Crippen molar-refractivity contribution in [1.82, 2.24) is 10.2 Å². The Bertz CT molecular complexity index is 453. The van der Waals surface area contributed by atoms with Crippen LogP contribution in [0.2, 0.25) is 0 Å². The number of hydrogen-bond donors (Lipinski definition) is 1. The molecule has 1 aliphatic heterocycles. The van der Waals surface area contributed by atoms with E-state index >= 15 is 0 Å². The van der Waals surface area contributed by atoms with Gasteiger partial charge in [-0.2, -0.15) is 0 Å². The Morgan fingerprint density at radius 3 is 2.74 bits per heavy atom. The average Bonchev–Trinajstić information content (AvgIpc) is 2.37. The SMILES string of the molecule is Cc1ccc(C(=O)NCC2CCN(C)CC2)c(Br)c1. The highest BCUT2D eigenvalue weighted by atomic mass is 79.9. The van der Waals surface area contributed by atoms with Crippen molar-refractivity contribution in [2.45, 2.75) is 19.8 Å². The van der Waals surface area contributed by atoms with Crippen LogP contribution in [0.4, 0.5) is 0 Å². The van der Waals surface area contributed by atoms with E-state index in [2.05, 4.69) is 33.2 Å². The first kappa shape index (κ1) is 14.5. The van der Waals surface area contributed by atoms with Crippen molar-refractivity contribution in [3.05, 3.63) is 33.8 Å². The molecule has 0 saturated carbocycles. The van der Waals surface area contributed by atoms with Crippen LogP contribution in [0.1, 0.15) is 28.8 Å². The molecule has 1 amide bonds. The smallest absolute Gasteiger partial charge is 0.252 e. The highest BCUT2D eigenvalue weighted by Gasteiger charge is 2.18. The number of benzene rings is 1. The van der Waals surface area contributed by atoms with Gasteiger partial charge < -0.3 is 10.2 Å². The van der Waals surface area contributed by atoms with Crippen LogP contribution in [0.25, 0.3) is 0 Å². The van der Waals surface area contributed by atoms with Crippen molar-refractivity contribution in [2.75, 3.05) is 26.7 Å². The summed E-state index contributed by atoms with van der Waals surface area (Å²) in [6.45, 7) is 5.07. The van der Waals surface area contributed by atoms with E-state index in [0.29, 0.717) is 5.92 Å². The Morgan fingerprint density at radius 2 is 2.11 bits per heavy atom. The lowest BCUT2D eigenvalue weighted by atomic mass is 9.97. The fraction of sp³-hybridized carbons (Fsp3) is 0.533. The molecular formula is C15H21BrN2O. The van der Waals surface area contributed by atoms with Gasteiger partial charge in [-0.05, 0) is 79.4 Å². The second-order valence-corrected chi connectivity index (χ2v) is 6.29. The number of aryl methyl sites for hydroxylation is 1. The molecule has 2 rings (SSSR count). The molecule has 1 aromatic carbocycles. The fourth-order valence-corrected chi connectivity index (χ4v) is 3.08. The van der Waals surface area contributed by atoms with Gasteiger partial charge in [-0.3, -0.25) is 4.79 Å². The molecule has 1 N–H and O–H groups in total. The maximum Gasteiger partial charge on any atom is 0.252 e. The molecular weight excluding hydrogens is 304 g/mol. The molecule has 19 heavy (non-hydrogen) atoms. The Kier molecular flexibility index (Phi) is 4.99. The van der Waals surface area contributed by atoms with E-state index in [1.807, 2.05) is 25.1 Å². The van der Waals surface area contributed by atoms with Gasteiger partial charge in [0.1, 0.15) is 0 Å². The molecule has 4 heteroatoms. The molecule has 0 aliphatic carbocycles. The molecule has 0 aromatic heterocycles. The van der Waals surface area contributed by atoms with Crippen molar-refractivity contribution in [2.24, 2.45) is 5.92 Å². The number of nitrogens with zero attached hydrogens (tertiary/aromatic N) is 1. The largest absolute Gasteiger partial charge is 0.352 e. The van der Waals surface area contributed by atoms with Crippen LogP contribution >= 0.6 is 15.9 Å².